The number of fused-ring (bicyclic) bond motifs is 3. The van der Waals surface area contributed by atoms with Gasteiger partial charge in [0.2, 0.25) is 0 Å². The van der Waals surface area contributed by atoms with Crippen molar-refractivity contribution in [1.29, 1.82) is 0 Å². The molecule has 1 aliphatic heterocycles. The van der Waals surface area contributed by atoms with Crippen molar-refractivity contribution in [3.8, 4) is 0 Å². The first-order chi connectivity index (χ1) is 9.33. The number of carbonyl (C=O) groups excluding carboxylic acids is 1. The largest absolute Gasteiger partial charge is 0.457 e. The van der Waals surface area contributed by atoms with Crippen molar-refractivity contribution < 1.29 is 9.53 Å². The number of cyclic esters (lactones) is 1. The molecule has 0 radical (unpaired) electrons. The normalized spacial score (nSPS) is 18.3. The number of hydrogen-bond acceptors (Lipinski definition) is 4. The fraction of sp³-hybridized carbons (Fsp3) is 0.133. The van der Waals surface area contributed by atoms with Crippen LogP contribution in [0.2, 0.25) is 0 Å². The molecule has 19 heavy (non-hydrogen) atoms. The number of ether oxygens (including phenoxy) is 1. The van der Waals surface area contributed by atoms with Crippen LogP contribution in [-0.4, -0.2) is 15.9 Å². The number of rotatable bonds is 1. The van der Waals surface area contributed by atoms with Crippen molar-refractivity contribution in [2.24, 2.45) is 0 Å². The molecular weight excluding hydrogens is 240 g/mol. The van der Waals surface area contributed by atoms with Gasteiger partial charge in [0, 0.05) is 28.7 Å². The summed E-state index contributed by atoms with van der Waals surface area (Å²) in [6, 6.07) is 9.83. The third-order valence-corrected chi connectivity index (χ3v) is 3.47. The van der Waals surface area contributed by atoms with Gasteiger partial charge in [0.05, 0.1) is 17.5 Å². The smallest absolute Gasteiger partial charge is 0.310 e. The summed E-state index contributed by atoms with van der Waals surface area (Å²) in [6.07, 6.45) is 3.81. The summed E-state index contributed by atoms with van der Waals surface area (Å²) in [5, 5.41) is 2.03. The molecule has 0 N–H and O–H groups in total. The van der Waals surface area contributed by atoms with Crippen LogP contribution in [0.5, 0.6) is 0 Å². The Kier molecular flexibility index (Phi) is 2.06. The van der Waals surface area contributed by atoms with Crippen LogP contribution in [0.4, 0.5) is 0 Å². The zero-order chi connectivity index (χ0) is 12.8. The summed E-state index contributed by atoms with van der Waals surface area (Å²) >= 11 is 0. The van der Waals surface area contributed by atoms with Crippen LogP contribution in [0, 0.1) is 0 Å². The Balaban J connectivity index is 2.07. The molecule has 2 aromatic heterocycles. The first-order valence-corrected chi connectivity index (χ1v) is 6.15. The molecule has 4 rings (SSSR count). The molecule has 1 atom stereocenters. The van der Waals surface area contributed by atoms with Crippen LogP contribution in [-0.2, 0) is 9.53 Å². The predicted octanol–water partition coefficient (Wildman–Crippen LogP) is 2.77. The van der Waals surface area contributed by atoms with Crippen molar-refractivity contribution in [1.82, 2.24) is 9.97 Å². The lowest BCUT2D eigenvalue weighted by molar-refractivity contribution is -0.170. The van der Waals surface area contributed by atoms with Gasteiger partial charge in [-0.15, -0.1) is 0 Å². The fourth-order valence-corrected chi connectivity index (χ4v) is 2.54. The number of aromatic nitrogens is 2. The van der Waals surface area contributed by atoms with E-state index in [0.29, 0.717) is 6.42 Å². The van der Waals surface area contributed by atoms with Gasteiger partial charge in [-0.3, -0.25) is 14.8 Å². The van der Waals surface area contributed by atoms with Gasteiger partial charge < -0.3 is 4.74 Å². The van der Waals surface area contributed by atoms with Gasteiger partial charge in [-0.25, -0.2) is 0 Å². The van der Waals surface area contributed by atoms with Gasteiger partial charge in [0.1, 0.15) is 6.10 Å². The molecule has 0 spiro atoms. The second-order valence-electron chi connectivity index (χ2n) is 4.62. The van der Waals surface area contributed by atoms with Gasteiger partial charge in [0.25, 0.3) is 0 Å². The van der Waals surface area contributed by atoms with E-state index in [4.69, 9.17) is 4.74 Å². The maximum Gasteiger partial charge on any atom is 0.310 e. The first-order valence-electron chi connectivity index (χ1n) is 6.15. The standard InChI is InChI=1S/C15H10N2O2/c18-13-8-12(19-13)11-7-9-3-1-5-16-14(9)15-10(11)4-2-6-17-15/h1-7,12H,8H2. The second-order valence-corrected chi connectivity index (χ2v) is 4.62. The minimum Gasteiger partial charge on any atom is -0.457 e. The van der Waals surface area contributed by atoms with E-state index in [0.717, 1.165) is 27.4 Å². The third-order valence-electron chi connectivity index (χ3n) is 3.47. The third kappa shape index (κ3) is 1.50. The van der Waals surface area contributed by atoms with E-state index in [1.807, 2.05) is 30.3 Å². The highest BCUT2D eigenvalue weighted by Crippen LogP contribution is 2.37. The molecule has 4 nitrogen and oxygen atoms in total. The van der Waals surface area contributed by atoms with Crippen molar-refractivity contribution >= 4 is 27.8 Å². The molecule has 1 aliphatic rings. The summed E-state index contributed by atoms with van der Waals surface area (Å²) in [6.45, 7) is 0. The molecule has 92 valence electrons. The molecule has 0 saturated carbocycles. The fourth-order valence-electron chi connectivity index (χ4n) is 2.54. The Morgan fingerprint density at radius 2 is 1.84 bits per heavy atom. The van der Waals surface area contributed by atoms with Gasteiger partial charge in [-0.05, 0) is 18.2 Å². The Bertz CT molecular complexity index is 805. The lowest BCUT2D eigenvalue weighted by atomic mass is 9.96. The predicted molar refractivity (Wildman–Crippen MR) is 70.5 cm³/mol. The first kappa shape index (κ1) is 10.4. The van der Waals surface area contributed by atoms with Crippen LogP contribution in [0.15, 0.2) is 42.7 Å². The van der Waals surface area contributed by atoms with E-state index in [-0.39, 0.29) is 12.1 Å². The minimum absolute atomic E-state index is 0.145. The highest BCUT2D eigenvalue weighted by atomic mass is 16.6. The lowest BCUT2D eigenvalue weighted by Gasteiger charge is -2.27. The van der Waals surface area contributed by atoms with Crippen LogP contribution < -0.4 is 0 Å². The van der Waals surface area contributed by atoms with Crippen molar-refractivity contribution in [3.63, 3.8) is 0 Å². The summed E-state index contributed by atoms with van der Waals surface area (Å²) in [5.41, 5.74) is 2.76. The quantitative estimate of drug-likeness (QED) is 0.492. The average molecular weight is 250 g/mol. The Hall–Kier alpha value is -2.49. The Morgan fingerprint density at radius 3 is 2.63 bits per heavy atom. The molecule has 0 amide bonds. The zero-order valence-electron chi connectivity index (χ0n) is 10.0. The van der Waals surface area contributed by atoms with Crippen LogP contribution in [0.3, 0.4) is 0 Å². The minimum atomic E-state index is -0.149. The van der Waals surface area contributed by atoms with Crippen LogP contribution >= 0.6 is 0 Å². The number of benzene rings is 1. The van der Waals surface area contributed by atoms with E-state index in [2.05, 4.69) is 9.97 Å². The van der Waals surface area contributed by atoms with Gasteiger partial charge >= 0.3 is 5.97 Å². The SMILES string of the molecule is O=C1CC(c2cc3cccnc3c3ncccc23)O1. The zero-order valence-corrected chi connectivity index (χ0v) is 10.0. The van der Waals surface area contributed by atoms with E-state index in [1.165, 1.54) is 0 Å². The molecule has 0 bridgehead atoms. The molecule has 3 aromatic rings. The maximum atomic E-state index is 11.0. The highest BCUT2D eigenvalue weighted by molar-refractivity contribution is 6.04. The van der Waals surface area contributed by atoms with Crippen LogP contribution in [0.1, 0.15) is 18.1 Å². The molecule has 4 heteroatoms. The molecule has 1 fully saturated rings. The molecule has 3 heterocycles. The topological polar surface area (TPSA) is 52.1 Å². The van der Waals surface area contributed by atoms with E-state index in [1.54, 1.807) is 12.4 Å². The van der Waals surface area contributed by atoms with E-state index >= 15 is 0 Å². The molecular formula is C15H10N2O2. The number of carbonyl (C=O) groups is 1. The number of hydrogen-bond donors (Lipinski definition) is 0. The number of esters is 1. The lowest BCUT2D eigenvalue weighted by Crippen LogP contribution is -2.25. The number of pyridine rings is 2. The van der Waals surface area contributed by atoms with Gasteiger partial charge in [0.15, 0.2) is 0 Å². The van der Waals surface area contributed by atoms with Crippen molar-refractivity contribution in [2.75, 3.05) is 0 Å². The van der Waals surface area contributed by atoms with Gasteiger partial charge in [-0.2, -0.15) is 0 Å². The van der Waals surface area contributed by atoms with E-state index < -0.39 is 0 Å². The highest BCUT2D eigenvalue weighted by Gasteiger charge is 2.31. The van der Waals surface area contributed by atoms with E-state index in [9.17, 15) is 4.79 Å². The molecule has 1 aromatic carbocycles. The molecule has 1 saturated heterocycles. The maximum absolute atomic E-state index is 11.0. The number of nitrogens with zero attached hydrogens (tertiary/aromatic N) is 2. The second kappa shape index (κ2) is 3.75. The molecule has 0 aliphatic carbocycles. The summed E-state index contributed by atoms with van der Waals surface area (Å²) in [4.78, 5) is 19.9. The average Bonchev–Trinajstić information content (AvgIpc) is 2.43. The molecule has 1 unspecified atom stereocenters. The van der Waals surface area contributed by atoms with Crippen molar-refractivity contribution in [2.45, 2.75) is 12.5 Å². The van der Waals surface area contributed by atoms with Crippen molar-refractivity contribution in [3.05, 3.63) is 48.3 Å². The summed E-state index contributed by atoms with van der Waals surface area (Å²) in [7, 11) is 0. The summed E-state index contributed by atoms with van der Waals surface area (Å²) in [5.74, 6) is -0.145. The monoisotopic (exact) mass is 250 g/mol. The Labute approximate surface area is 109 Å². The van der Waals surface area contributed by atoms with Crippen LogP contribution in [0.25, 0.3) is 21.8 Å². The Morgan fingerprint density at radius 1 is 1.11 bits per heavy atom. The van der Waals surface area contributed by atoms with Gasteiger partial charge in [-0.1, -0.05) is 12.1 Å². The summed E-state index contributed by atoms with van der Waals surface area (Å²) < 4.78 is 5.20.